The topological polar surface area (TPSA) is 52.3 Å². The Labute approximate surface area is 102 Å². The summed E-state index contributed by atoms with van der Waals surface area (Å²) < 4.78 is 30.2. The van der Waals surface area contributed by atoms with Crippen LogP contribution >= 0.6 is 11.8 Å². The summed E-state index contributed by atoms with van der Waals surface area (Å²) in [4.78, 5) is 11.0. The van der Waals surface area contributed by atoms with Gasteiger partial charge in [0.15, 0.2) is 0 Å². The number of thioether (sulfide) groups is 1. The highest BCUT2D eigenvalue weighted by molar-refractivity contribution is 7.98. The van der Waals surface area contributed by atoms with Crippen molar-refractivity contribution in [2.24, 2.45) is 5.73 Å². The van der Waals surface area contributed by atoms with Crippen molar-refractivity contribution < 1.29 is 18.3 Å². The first-order valence-corrected chi connectivity index (χ1v) is 6.04. The van der Waals surface area contributed by atoms with Crippen LogP contribution in [0.4, 0.5) is 8.78 Å². The van der Waals surface area contributed by atoms with Crippen molar-refractivity contribution >= 4 is 17.7 Å². The zero-order valence-corrected chi connectivity index (χ0v) is 10.1. The number of benzene rings is 1. The van der Waals surface area contributed by atoms with Crippen LogP contribution in [-0.4, -0.2) is 24.9 Å². The number of carbonyl (C=O) groups is 1. The molecule has 0 aliphatic rings. The number of esters is 1. The SMILES string of the molecule is COC(=O)C(N)CSCc1cc(F)cc(F)c1. The molecule has 6 heteroatoms. The van der Waals surface area contributed by atoms with E-state index >= 15 is 0 Å². The second kappa shape index (κ2) is 6.56. The number of rotatable bonds is 5. The maximum atomic E-state index is 12.8. The molecule has 0 aliphatic carbocycles. The molecule has 0 aromatic heterocycles. The number of methoxy groups -OCH3 is 1. The minimum absolute atomic E-state index is 0.338. The van der Waals surface area contributed by atoms with Gasteiger partial charge >= 0.3 is 5.97 Å². The second-order valence-corrected chi connectivity index (χ2v) is 4.45. The molecule has 94 valence electrons. The van der Waals surface area contributed by atoms with Gasteiger partial charge in [0.05, 0.1) is 7.11 Å². The van der Waals surface area contributed by atoms with Crippen LogP contribution in [0.25, 0.3) is 0 Å². The van der Waals surface area contributed by atoms with Crippen molar-refractivity contribution in [3.05, 3.63) is 35.4 Å². The van der Waals surface area contributed by atoms with Crippen molar-refractivity contribution in [1.82, 2.24) is 0 Å². The van der Waals surface area contributed by atoms with Crippen molar-refractivity contribution in [1.29, 1.82) is 0 Å². The van der Waals surface area contributed by atoms with Gasteiger partial charge in [0.25, 0.3) is 0 Å². The number of carbonyl (C=O) groups excluding carboxylic acids is 1. The van der Waals surface area contributed by atoms with E-state index in [1.807, 2.05) is 0 Å². The Morgan fingerprint density at radius 2 is 2.00 bits per heavy atom. The lowest BCUT2D eigenvalue weighted by molar-refractivity contribution is -0.141. The van der Waals surface area contributed by atoms with Crippen molar-refractivity contribution in [3.63, 3.8) is 0 Å². The number of ether oxygens (including phenoxy) is 1. The summed E-state index contributed by atoms with van der Waals surface area (Å²) in [5, 5.41) is 0. The van der Waals surface area contributed by atoms with Gasteiger partial charge < -0.3 is 10.5 Å². The van der Waals surface area contributed by atoms with Gasteiger partial charge in [0, 0.05) is 17.6 Å². The molecule has 1 rings (SSSR count). The maximum absolute atomic E-state index is 12.8. The Morgan fingerprint density at radius 3 is 2.53 bits per heavy atom. The zero-order chi connectivity index (χ0) is 12.8. The Kier molecular flexibility index (Phi) is 5.37. The number of hydrogen-bond donors (Lipinski definition) is 1. The maximum Gasteiger partial charge on any atom is 0.323 e. The standard InChI is InChI=1S/C11H13F2NO2S/c1-16-11(15)10(14)6-17-5-7-2-8(12)4-9(13)3-7/h2-4,10H,5-6,14H2,1H3. The molecular formula is C11H13F2NO2S. The highest BCUT2D eigenvalue weighted by atomic mass is 32.2. The van der Waals surface area contributed by atoms with E-state index in [2.05, 4.69) is 4.74 Å². The first kappa shape index (κ1) is 13.9. The van der Waals surface area contributed by atoms with Crippen LogP contribution in [-0.2, 0) is 15.3 Å². The van der Waals surface area contributed by atoms with E-state index in [4.69, 9.17) is 5.73 Å². The highest BCUT2D eigenvalue weighted by Gasteiger charge is 2.13. The Balaban J connectivity index is 2.43. The van der Waals surface area contributed by atoms with Crippen LogP contribution in [0.3, 0.4) is 0 Å². The summed E-state index contributed by atoms with van der Waals surface area (Å²) in [7, 11) is 1.26. The molecule has 1 aromatic carbocycles. The average molecular weight is 261 g/mol. The summed E-state index contributed by atoms with van der Waals surface area (Å²) in [6, 6.07) is 2.59. The van der Waals surface area contributed by atoms with E-state index < -0.39 is 23.6 Å². The van der Waals surface area contributed by atoms with Crippen LogP contribution in [0.1, 0.15) is 5.56 Å². The summed E-state index contributed by atoms with van der Waals surface area (Å²) >= 11 is 1.32. The molecule has 0 amide bonds. The van der Waals surface area contributed by atoms with Crippen LogP contribution in [0.15, 0.2) is 18.2 Å². The molecule has 1 atom stereocenters. The third-order valence-corrected chi connectivity index (χ3v) is 3.12. The third-order valence-electron chi connectivity index (χ3n) is 1.99. The van der Waals surface area contributed by atoms with Gasteiger partial charge in [-0.2, -0.15) is 11.8 Å². The second-order valence-electron chi connectivity index (χ2n) is 3.42. The molecule has 0 radical (unpaired) electrons. The summed E-state index contributed by atoms with van der Waals surface area (Å²) in [5.74, 6) is -0.997. The van der Waals surface area contributed by atoms with Crippen LogP contribution in [0.2, 0.25) is 0 Å². The Bertz CT molecular complexity index is 381. The number of halogens is 2. The molecular weight excluding hydrogens is 248 g/mol. The molecule has 0 saturated heterocycles. The van der Waals surface area contributed by atoms with E-state index in [1.165, 1.54) is 31.0 Å². The lowest BCUT2D eigenvalue weighted by Crippen LogP contribution is -2.33. The quantitative estimate of drug-likeness (QED) is 0.820. The van der Waals surface area contributed by atoms with Crippen molar-refractivity contribution in [2.75, 3.05) is 12.9 Å². The van der Waals surface area contributed by atoms with Crippen LogP contribution in [0, 0.1) is 11.6 Å². The lowest BCUT2D eigenvalue weighted by atomic mass is 10.2. The molecule has 0 fully saturated rings. The van der Waals surface area contributed by atoms with Gasteiger partial charge in [-0.05, 0) is 17.7 Å². The van der Waals surface area contributed by atoms with Gasteiger partial charge in [-0.1, -0.05) is 0 Å². The van der Waals surface area contributed by atoms with E-state index in [0.717, 1.165) is 6.07 Å². The molecule has 1 unspecified atom stereocenters. The van der Waals surface area contributed by atoms with Gasteiger partial charge in [0.1, 0.15) is 17.7 Å². The molecule has 17 heavy (non-hydrogen) atoms. The fourth-order valence-electron chi connectivity index (χ4n) is 1.22. The molecule has 0 heterocycles. The lowest BCUT2D eigenvalue weighted by Gasteiger charge is -2.08. The molecule has 2 N–H and O–H groups in total. The first-order chi connectivity index (χ1) is 8.02. The van der Waals surface area contributed by atoms with Crippen molar-refractivity contribution in [3.8, 4) is 0 Å². The normalized spacial score (nSPS) is 12.2. The predicted octanol–water partition coefficient (Wildman–Crippen LogP) is 1.70. The average Bonchev–Trinajstić information content (AvgIpc) is 2.26. The fraction of sp³-hybridized carbons (Fsp3) is 0.364. The van der Waals surface area contributed by atoms with E-state index in [9.17, 15) is 13.6 Å². The monoisotopic (exact) mass is 261 g/mol. The summed E-state index contributed by atoms with van der Waals surface area (Å²) in [6.45, 7) is 0. The van der Waals surface area contributed by atoms with Gasteiger partial charge in [-0.3, -0.25) is 4.79 Å². The zero-order valence-electron chi connectivity index (χ0n) is 9.28. The Morgan fingerprint density at radius 1 is 1.41 bits per heavy atom. The van der Waals surface area contributed by atoms with E-state index in [0.29, 0.717) is 17.1 Å². The van der Waals surface area contributed by atoms with Gasteiger partial charge in [0.2, 0.25) is 0 Å². The minimum atomic E-state index is -0.719. The van der Waals surface area contributed by atoms with Crippen LogP contribution in [0.5, 0.6) is 0 Å². The minimum Gasteiger partial charge on any atom is -0.468 e. The summed E-state index contributed by atoms with van der Waals surface area (Å²) in [6.07, 6.45) is 0. The van der Waals surface area contributed by atoms with Gasteiger partial charge in [-0.25, -0.2) is 8.78 Å². The Hall–Kier alpha value is -1.14. The molecule has 0 saturated carbocycles. The summed E-state index contributed by atoms with van der Waals surface area (Å²) in [5.41, 5.74) is 6.03. The number of hydrogen-bond acceptors (Lipinski definition) is 4. The molecule has 0 aliphatic heterocycles. The predicted molar refractivity (Wildman–Crippen MR) is 62.5 cm³/mol. The fourth-order valence-corrected chi connectivity index (χ4v) is 2.13. The van der Waals surface area contributed by atoms with E-state index in [1.54, 1.807) is 0 Å². The van der Waals surface area contributed by atoms with Gasteiger partial charge in [-0.15, -0.1) is 0 Å². The van der Waals surface area contributed by atoms with Crippen molar-refractivity contribution in [2.45, 2.75) is 11.8 Å². The first-order valence-electron chi connectivity index (χ1n) is 4.89. The largest absolute Gasteiger partial charge is 0.468 e. The van der Waals surface area contributed by atoms with E-state index in [-0.39, 0.29) is 0 Å². The highest BCUT2D eigenvalue weighted by Crippen LogP contribution is 2.15. The molecule has 3 nitrogen and oxygen atoms in total. The molecule has 1 aromatic rings. The molecule has 0 spiro atoms. The number of nitrogens with two attached hydrogens (primary N) is 1. The third kappa shape index (κ3) is 4.70. The molecule has 0 bridgehead atoms. The smallest absolute Gasteiger partial charge is 0.323 e. The van der Waals surface area contributed by atoms with Crippen LogP contribution < -0.4 is 5.73 Å².